The molecule has 10 aromatic rings. The molecule has 0 aromatic carbocycles. The second-order valence-corrected chi connectivity index (χ2v) is 40.9. The Labute approximate surface area is 844 Å². The van der Waals surface area contributed by atoms with Gasteiger partial charge in [-0.25, -0.2) is 39.1 Å². The maximum Gasteiger partial charge on any atom is 1.00 e. The molecule has 0 spiro atoms. The smallest absolute Gasteiger partial charge is 1.00 e. The Morgan fingerprint density at radius 3 is 1.09 bits per heavy atom. The van der Waals surface area contributed by atoms with Gasteiger partial charge in [0.15, 0.2) is 57.6 Å². The molecule has 0 aliphatic carbocycles. The van der Waals surface area contributed by atoms with E-state index in [9.17, 15) is 28.8 Å². The van der Waals surface area contributed by atoms with Gasteiger partial charge < -0.3 is 60.0 Å². The zero-order valence-electron chi connectivity index (χ0n) is 86.4. The van der Waals surface area contributed by atoms with Crippen LogP contribution in [0.2, 0.25) is 0 Å². The third-order valence-electron chi connectivity index (χ3n) is 26.2. The molecule has 7 aliphatic heterocycles. The molecular weight excluding hydrogens is 1770 g/mol. The third-order valence-corrected chi connectivity index (χ3v) is 27.8. The predicted octanol–water partition coefficient (Wildman–Crippen LogP) is 14.4. The molecule has 17 rings (SSSR count). The number of aryl methyl sites for hydroxylation is 7. The van der Waals surface area contributed by atoms with Crippen LogP contribution in [0.25, 0.3) is 55.2 Å². The Hall–Kier alpha value is -8.62. The average Bonchev–Trinajstić information content (AvgIpc) is 1.53. The van der Waals surface area contributed by atoms with E-state index >= 15 is 0 Å². The number of ether oxygens (including phenoxy) is 3. The van der Waals surface area contributed by atoms with Gasteiger partial charge in [-0.3, -0.25) is 33.0 Å². The molecule has 1 unspecified atom stereocenters. The van der Waals surface area contributed by atoms with E-state index in [0.717, 1.165) is 163 Å². The maximum absolute atomic E-state index is 12.4. The van der Waals surface area contributed by atoms with E-state index in [-0.39, 0.29) is 56.4 Å². The number of carbonyl (C=O) groups excluding carboxylic acids is 4. The third kappa shape index (κ3) is 35.2. The van der Waals surface area contributed by atoms with Gasteiger partial charge in [-0.15, -0.1) is 0 Å². The van der Waals surface area contributed by atoms with Gasteiger partial charge in [-0.1, -0.05) is 116 Å². The van der Waals surface area contributed by atoms with Crippen molar-refractivity contribution in [2.24, 2.45) is 35.2 Å². The van der Waals surface area contributed by atoms with E-state index in [0.29, 0.717) is 49.7 Å². The number of hydrogen-bond donors (Lipinski definition) is 2. The van der Waals surface area contributed by atoms with Crippen LogP contribution in [-0.4, -0.2) is 262 Å². The van der Waals surface area contributed by atoms with Crippen molar-refractivity contribution in [3.05, 3.63) is 89.1 Å². The fraction of sp³-hybridized carbons (Fsp3) is 0.670. The number of aromatic nitrogens is 15. The molecular formula is C103H165AlLiN22O10P. The predicted molar refractivity (Wildman–Crippen MR) is 558 cm³/mol. The zero-order chi connectivity index (χ0) is 96.6. The first-order valence-corrected chi connectivity index (χ1v) is 53.9. The Morgan fingerprint density at radius 2 is 0.725 bits per heavy atom. The van der Waals surface area contributed by atoms with Gasteiger partial charge in [-0.05, 0) is 238 Å². The van der Waals surface area contributed by atoms with E-state index in [4.69, 9.17) is 44.0 Å². The summed E-state index contributed by atoms with van der Waals surface area (Å²) in [4.78, 5) is 84.5. The average molecular weight is 1940 g/mol. The number of aldehydes is 1. The van der Waals surface area contributed by atoms with E-state index in [1.807, 2.05) is 103 Å². The number of nitrogens with zero attached hydrogens (tertiary/aromatic N) is 21. The van der Waals surface area contributed by atoms with Gasteiger partial charge in [0, 0.05) is 135 Å². The number of aliphatic hydroxyl groups excluding tert-OH is 1. The second kappa shape index (κ2) is 59.3. The summed E-state index contributed by atoms with van der Waals surface area (Å²) in [6, 6.07) is 20.7. The topological polar surface area (TPSA) is 328 Å². The first-order valence-electron chi connectivity index (χ1n) is 51.6. The standard InChI is InChI=1S/C21H33N5.2C19H28N4O2.C15H22N4O.C15H20N4O.C7H15N.C7H15O4P.Al.Li.4H/c1-24-21-18(19(23-24)10-9-15-25-13-7-8-14-25)11-12-20(22-21)26-16-5-3-2-4-6-17-26;1-19(2,3)25-18(24)16-14-10-11-15(20-17(14)22(4)21-16)23-12-8-6-5-7-9-13-23;1-3-25-18(24)12-10-16-15-9-11-17(20-19(15)22(2)21-16)23-13-7-5-4-6-8-14-23;2*1-18-15-12(13(11-20)17-18)7-8-14(16-15)19-9-5-3-2-4-6-10-19;1-2-4-6-8-7-5-3-1;1-4-10-7(8)6-12(3,9)11-5-2;;;;;;/h11-12H,2-10,13-17H2,1H3;10-11H,5-9,12-13H2,1-4H3;9,11H,3-8,10,12-14H2,1-2H3;7-8,20H,2-6,9-11H2,1H3;7-8,11H,2-6,9-10H2,1H3;8H,1-7H2;4-6H2,1-3H3;;;;;;/q;;;;;;;;+1;;;;-1. The Balaban J connectivity index is 0.000000202. The number of fused-ring (bicyclic) bond motifs is 5. The molecule has 7 fully saturated rings. The summed E-state index contributed by atoms with van der Waals surface area (Å²) < 4.78 is 40.3. The molecule has 7 saturated heterocycles. The maximum atomic E-state index is 12.4. The summed E-state index contributed by atoms with van der Waals surface area (Å²) in [6.45, 7) is 30.4. The number of aliphatic hydroxyl groups is 1. The van der Waals surface area contributed by atoms with Gasteiger partial charge in [0.25, 0.3) is 0 Å². The van der Waals surface area contributed by atoms with Crippen LogP contribution >= 0.6 is 7.37 Å². The number of pyridine rings is 5. The molecule has 756 valence electrons. The number of esters is 3. The first kappa shape index (κ1) is 113. The Morgan fingerprint density at radius 1 is 0.413 bits per heavy atom. The molecule has 32 nitrogen and oxygen atoms in total. The summed E-state index contributed by atoms with van der Waals surface area (Å²) in [5.74, 6) is 4.13. The Bertz CT molecular complexity index is 5340. The van der Waals surface area contributed by atoms with Crippen molar-refractivity contribution in [3.8, 4) is 0 Å². The normalized spacial score (nSPS) is 17.3. The van der Waals surface area contributed by atoms with Crippen molar-refractivity contribution < 1.29 is 67.9 Å². The van der Waals surface area contributed by atoms with E-state index < -0.39 is 24.9 Å². The van der Waals surface area contributed by atoms with Crippen molar-refractivity contribution in [2.75, 3.05) is 155 Å². The number of anilines is 5. The summed E-state index contributed by atoms with van der Waals surface area (Å²) in [5.41, 5.74) is 7.38. The number of rotatable bonds is 21. The van der Waals surface area contributed by atoms with E-state index in [2.05, 4.69) is 90.2 Å². The molecule has 0 amide bonds. The zero-order valence-corrected chi connectivity index (χ0v) is 86.3. The summed E-state index contributed by atoms with van der Waals surface area (Å²) in [7, 11) is 6.74. The van der Waals surface area contributed by atoms with Crippen LogP contribution < -0.4 is 48.7 Å². The van der Waals surface area contributed by atoms with Crippen molar-refractivity contribution in [1.29, 1.82) is 0 Å². The fourth-order valence-electron chi connectivity index (χ4n) is 19.0. The van der Waals surface area contributed by atoms with Crippen LogP contribution in [0, 0.1) is 0 Å². The monoisotopic (exact) mass is 1940 g/mol. The molecule has 138 heavy (non-hydrogen) atoms. The van der Waals surface area contributed by atoms with Crippen LogP contribution in [-0.2, 0) is 87.6 Å². The molecule has 0 saturated carbocycles. The summed E-state index contributed by atoms with van der Waals surface area (Å²) in [6.07, 6.45) is 46.0. The largest absolute Gasteiger partial charge is 1.00 e. The molecule has 7 aliphatic rings. The van der Waals surface area contributed by atoms with Crippen molar-refractivity contribution >= 4 is 133 Å². The van der Waals surface area contributed by atoms with Crippen LogP contribution in [0.4, 0.5) is 29.1 Å². The van der Waals surface area contributed by atoms with Gasteiger partial charge in [0.2, 0.25) is 7.37 Å². The second-order valence-electron chi connectivity index (χ2n) is 38.3. The van der Waals surface area contributed by atoms with Crippen LogP contribution in [0.5, 0.6) is 0 Å². The van der Waals surface area contributed by atoms with Gasteiger partial charge >= 0.3 is 36.8 Å². The van der Waals surface area contributed by atoms with Gasteiger partial charge in [0.05, 0.1) is 55.3 Å². The minimum atomic E-state index is -2.75. The summed E-state index contributed by atoms with van der Waals surface area (Å²) in [5, 5.41) is 39.7. The molecule has 1 atom stereocenters. The van der Waals surface area contributed by atoms with Crippen LogP contribution in [0.1, 0.15) is 299 Å². The van der Waals surface area contributed by atoms with Gasteiger partial charge in [0.1, 0.15) is 46.5 Å². The van der Waals surface area contributed by atoms with Crippen LogP contribution in [0.3, 0.4) is 0 Å². The molecule has 2 N–H and O–H groups in total. The van der Waals surface area contributed by atoms with E-state index in [1.54, 1.807) is 27.9 Å². The number of likely N-dealkylation sites (tertiary alicyclic amines) is 1. The number of carbonyl (C=O) groups is 4. The minimum absolute atomic E-state index is 0. The van der Waals surface area contributed by atoms with E-state index in [1.165, 1.54) is 262 Å². The van der Waals surface area contributed by atoms with Crippen molar-refractivity contribution in [1.82, 2.24) is 84.0 Å². The number of nitrogens with one attached hydrogen (secondary N) is 1. The number of hydrogen-bond acceptors (Lipinski definition) is 27. The quantitative estimate of drug-likeness (QED) is 0.0222. The SMILES string of the molecule is C1CCCNCCC1.CCOC(=O)CCc1nn(C)c2nc(N3CCCCCCC3)ccc12.CCOC(=O)CP(C)(=O)OCC.Cn1nc(C(=O)OC(C)(C)C)c2ccc(N3CCCCCCC3)nc21.Cn1nc(C=O)c2ccc(N3CCCCCCC3)nc21.Cn1nc(CCCN2CCCC2)c2ccc(N3CCCCCCC3)nc21.Cn1nc(CO)c2ccc(N3CCCCCCC3)nc21.[AlH3].[H-].[Li+]. The van der Waals surface area contributed by atoms with Crippen molar-refractivity contribution in [3.63, 3.8) is 0 Å². The molecule has 10 aromatic heterocycles. The minimum Gasteiger partial charge on any atom is -1.00 e. The van der Waals surface area contributed by atoms with Crippen LogP contribution in [0.15, 0.2) is 60.7 Å². The molecule has 0 bridgehead atoms. The Kier molecular flexibility index (Phi) is 48.6. The molecule has 35 heteroatoms. The van der Waals surface area contributed by atoms with Gasteiger partial charge in [-0.2, -0.15) is 25.5 Å². The van der Waals surface area contributed by atoms with Crippen molar-refractivity contribution in [2.45, 2.75) is 285 Å². The molecule has 0 radical (unpaired) electrons. The first-order chi connectivity index (χ1) is 65.9. The fourth-order valence-corrected chi connectivity index (χ4v) is 20.2. The summed E-state index contributed by atoms with van der Waals surface area (Å²) >= 11 is 0. The molecule has 17 heterocycles.